The highest BCUT2D eigenvalue weighted by atomic mass is 15.3. The molecule has 2 fully saturated rings. The number of nitrogens with two attached hydrogens (primary N) is 1. The van der Waals surface area contributed by atoms with Crippen LogP contribution in [-0.2, 0) is 0 Å². The molecule has 0 spiro atoms. The number of likely N-dealkylation sites (N-methyl/N-ethyl adjacent to an activating group) is 1. The Morgan fingerprint density at radius 3 is 2.50 bits per heavy atom. The van der Waals surface area contributed by atoms with Gasteiger partial charge in [-0.15, -0.1) is 0 Å². The third-order valence-electron chi connectivity index (χ3n) is 4.76. The van der Waals surface area contributed by atoms with Crippen molar-refractivity contribution in [3.63, 3.8) is 0 Å². The zero-order valence-electron chi connectivity index (χ0n) is 11.1. The molecule has 0 aromatic heterocycles. The summed E-state index contributed by atoms with van der Waals surface area (Å²) >= 11 is 0. The molecule has 3 atom stereocenters. The maximum atomic E-state index is 6.12. The van der Waals surface area contributed by atoms with E-state index in [0.29, 0.717) is 6.04 Å². The molecular weight excluding hydrogens is 198 g/mol. The third-order valence-corrected chi connectivity index (χ3v) is 4.76. The first-order valence-electron chi connectivity index (χ1n) is 6.76. The molecule has 2 saturated heterocycles. The summed E-state index contributed by atoms with van der Waals surface area (Å²) in [5.74, 6) is 0. The van der Waals surface area contributed by atoms with Gasteiger partial charge in [0, 0.05) is 30.7 Å². The summed E-state index contributed by atoms with van der Waals surface area (Å²) < 4.78 is 0. The number of nitrogens with zero attached hydrogens (tertiary/aromatic N) is 2. The second-order valence-electron chi connectivity index (χ2n) is 5.93. The van der Waals surface area contributed by atoms with Crippen LogP contribution in [0.25, 0.3) is 0 Å². The van der Waals surface area contributed by atoms with E-state index in [-0.39, 0.29) is 5.54 Å². The Hall–Kier alpha value is -0.120. The van der Waals surface area contributed by atoms with Gasteiger partial charge in [0.25, 0.3) is 0 Å². The lowest BCUT2D eigenvalue weighted by molar-refractivity contribution is 0.0364. The van der Waals surface area contributed by atoms with Crippen LogP contribution in [0.3, 0.4) is 0 Å². The molecule has 0 amide bonds. The lowest BCUT2D eigenvalue weighted by atomic mass is 9.89. The molecule has 94 valence electrons. The van der Waals surface area contributed by atoms with Gasteiger partial charge in [0.15, 0.2) is 0 Å². The molecule has 2 aliphatic rings. The molecule has 2 aliphatic heterocycles. The monoisotopic (exact) mass is 225 g/mol. The van der Waals surface area contributed by atoms with E-state index in [9.17, 15) is 0 Å². The molecule has 3 unspecified atom stereocenters. The van der Waals surface area contributed by atoms with Gasteiger partial charge in [-0.3, -0.25) is 4.90 Å². The van der Waals surface area contributed by atoms with Gasteiger partial charge < -0.3 is 10.6 Å². The number of hydrogen-bond donors (Lipinski definition) is 1. The number of hydrogen-bond acceptors (Lipinski definition) is 3. The molecule has 16 heavy (non-hydrogen) atoms. The van der Waals surface area contributed by atoms with Crippen molar-refractivity contribution in [1.29, 1.82) is 0 Å². The minimum absolute atomic E-state index is 0.258. The standard InChI is InChI=1S/C13H27N3/c1-11-6-4-5-7-16(11)13(9-14)8-12(2)15(3)10-13/h11-12H,4-10,14H2,1-3H3. The predicted molar refractivity (Wildman–Crippen MR) is 68.5 cm³/mol. The molecule has 3 heteroatoms. The first-order chi connectivity index (χ1) is 7.59. The topological polar surface area (TPSA) is 32.5 Å². The molecule has 0 radical (unpaired) electrons. The summed E-state index contributed by atoms with van der Waals surface area (Å²) in [5.41, 5.74) is 6.38. The molecule has 0 aromatic rings. The van der Waals surface area contributed by atoms with Gasteiger partial charge in [-0.1, -0.05) is 6.42 Å². The summed E-state index contributed by atoms with van der Waals surface area (Å²) in [6.07, 6.45) is 5.33. The molecule has 3 nitrogen and oxygen atoms in total. The average molecular weight is 225 g/mol. The van der Waals surface area contributed by atoms with Crippen molar-refractivity contribution in [2.45, 2.75) is 57.2 Å². The Kier molecular flexibility index (Phi) is 3.57. The Morgan fingerprint density at radius 1 is 1.25 bits per heavy atom. The molecule has 2 heterocycles. The van der Waals surface area contributed by atoms with Crippen LogP contribution in [0.5, 0.6) is 0 Å². The van der Waals surface area contributed by atoms with Gasteiger partial charge in [0.1, 0.15) is 0 Å². The summed E-state index contributed by atoms with van der Waals surface area (Å²) in [6, 6.07) is 1.40. The highest BCUT2D eigenvalue weighted by Crippen LogP contribution is 2.35. The van der Waals surface area contributed by atoms with Crippen LogP contribution in [0.1, 0.15) is 39.5 Å². The summed E-state index contributed by atoms with van der Waals surface area (Å²) in [4.78, 5) is 5.17. The SMILES string of the molecule is CC1CC(CN)(N2CCCCC2C)CN1C. The lowest BCUT2D eigenvalue weighted by Gasteiger charge is -2.46. The smallest absolute Gasteiger partial charge is 0.0475 e. The van der Waals surface area contributed by atoms with Crippen molar-refractivity contribution >= 4 is 0 Å². The highest BCUT2D eigenvalue weighted by molar-refractivity contribution is 5.04. The van der Waals surface area contributed by atoms with Gasteiger partial charge in [-0.25, -0.2) is 0 Å². The second kappa shape index (κ2) is 4.63. The minimum Gasteiger partial charge on any atom is -0.329 e. The number of rotatable bonds is 2. The van der Waals surface area contributed by atoms with Crippen LogP contribution >= 0.6 is 0 Å². The van der Waals surface area contributed by atoms with Crippen molar-refractivity contribution in [2.75, 3.05) is 26.7 Å². The average Bonchev–Trinajstić information content (AvgIpc) is 2.56. The first kappa shape index (κ1) is 12.3. The van der Waals surface area contributed by atoms with Crippen LogP contribution in [0.2, 0.25) is 0 Å². The van der Waals surface area contributed by atoms with Crippen LogP contribution in [-0.4, -0.2) is 54.1 Å². The van der Waals surface area contributed by atoms with Crippen LogP contribution in [0, 0.1) is 0 Å². The fourth-order valence-corrected chi connectivity index (χ4v) is 3.67. The Labute approximate surface area is 100.0 Å². The van der Waals surface area contributed by atoms with E-state index in [1.54, 1.807) is 0 Å². The van der Waals surface area contributed by atoms with Crippen LogP contribution < -0.4 is 5.73 Å². The maximum Gasteiger partial charge on any atom is 0.0475 e. The van der Waals surface area contributed by atoms with E-state index < -0.39 is 0 Å². The molecule has 0 saturated carbocycles. The van der Waals surface area contributed by atoms with Crippen molar-refractivity contribution in [2.24, 2.45) is 5.73 Å². The van der Waals surface area contributed by atoms with E-state index >= 15 is 0 Å². The molecule has 2 N–H and O–H groups in total. The second-order valence-corrected chi connectivity index (χ2v) is 5.93. The lowest BCUT2D eigenvalue weighted by Crippen LogP contribution is -2.59. The van der Waals surface area contributed by atoms with Crippen LogP contribution in [0.15, 0.2) is 0 Å². The molecule has 0 aromatic carbocycles. The Bertz CT molecular complexity index is 231. The van der Waals surface area contributed by atoms with E-state index in [1.165, 1.54) is 32.2 Å². The van der Waals surface area contributed by atoms with Gasteiger partial charge in [-0.2, -0.15) is 0 Å². The Balaban J connectivity index is 2.14. The van der Waals surface area contributed by atoms with Gasteiger partial charge in [0.2, 0.25) is 0 Å². The van der Waals surface area contributed by atoms with Gasteiger partial charge in [0.05, 0.1) is 0 Å². The zero-order chi connectivity index (χ0) is 11.8. The van der Waals surface area contributed by atoms with Crippen molar-refractivity contribution in [3.8, 4) is 0 Å². The van der Waals surface area contributed by atoms with Crippen molar-refractivity contribution in [1.82, 2.24) is 9.80 Å². The normalized spacial score (nSPS) is 42.8. The summed E-state index contributed by atoms with van der Waals surface area (Å²) in [7, 11) is 2.23. The molecule has 2 rings (SSSR count). The first-order valence-corrected chi connectivity index (χ1v) is 6.76. The van der Waals surface area contributed by atoms with E-state index in [0.717, 1.165) is 19.1 Å². The minimum atomic E-state index is 0.258. The molecule has 0 aliphatic carbocycles. The van der Waals surface area contributed by atoms with Gasteiger partial charge in [-0.05, 0) is 46.7 Å². The third kappa shape index (κ3) is 2.01. The summed E-state index contributed by atoms with van der Waals surface area (Å²) in [6.45, 7) is 7.91. The largest absolute Gasteiger partial charge is 0.329 e. The maximum absolute atomic E-state index is 6.12. The quantitative estimate of drug-likeness (QED) is 0.768. The van der Waals surface area contributed by atoms with Crippen molar-refractivity contribution in [3.05, 3.63) is 0 Å². The zero-order valence-corrected chi connectivity index (χ0v) is 11.1. The van der Waals surface area contributed by atoms with Crippen LogP contribution in [0.4, 0.5) is 0 Å². The Morgan fingerprint density at radius 2 is 2.00 bits per heavy atom. The number of likely N-dealkylation sites (tertiary alicyclic amines) is 2. The number of piperidine rings is 1. The highest BCUT2D eigenvalue weighted by Gasteiger charge is 2.45. The molecular formula is C13H27N3. The van der Waals surface area contributed by atoms with Gasteiger partial charge >= 0.3 is 0 Å². The predicted octanol–water partition coefficient (Wildman–Crippen LogP) is 1.28. The van der Waals surface area contributed by atoms with E-state index in [2.05, 4.69) is 30.7 Å². The summed E-state index contributed by atoms with van der Waals surface area (Å²) in [5, 5.41) is 0. The molecule has 0 bridgehead atoms. The van der Waals surface area contributed by atoms with E-state index in [4.69, 9.17) is 5.73 Å². The van der Waals surface area contributed by atoms with Crippen molar-refractivity contribution < 1.29 is 0 Å². The fourth-order valence-electron chi connectivity index (χ4n) is 3.67. The fraction of sp³-hybridized carbons (Fsp3) is 1.00. The van der Waals surface area contributed by atoms with E-state index in [1.807, 2.05) is 0 Å².